The van der Waals surface area contributed by atoms with Gasteiger partial charge in [-0.05, 0) is 12.1 Å². The Kier molecular flexibility index (Phi) is 3.10. The highest BCUT2D eigenvalue weighted by atomic mass is 19.2. The van der Waals surface area contributed by atoms with Gasteiger partial charge in [0.25, 0.3) is 0 Å². The lowest BCUT2D eigenvalue weighted by atomic mass is 10.3. The zero-order valence-corrected chi connectivity index (χ0v) is 8.75. The predicted molar refractivity (Wildman–Crippen MR) is 54.5 cm³/mol. The highest BCUT2D eigenvalue weighted by molar-refractivity contribution is 5.42. The molecule has 0 aliphatic carbocycles. The third-order valence-electron chi connectivity index (χ3n) is 2.11. The molecule has 2 rings (SSSR count). The average Bonchev–Trinajstić information content (AvgIpc) is 2.31. The molecule has 0 saturated carbocycles. The minimum absolute atomic E-state index is 0.333. The van der Waals surface area contributed by atoms with Crippen LogP contribution in [0.4, 0.5) is 17.6 Å². The normalized spacial score (nSPS) is 10.4. The van der Waals surface area contributed by atoms with Crippen molar-refractivity contribution in [3.63, 3.8) is 0 Å². The monoisotopic (exact) mass is 258 g/mol. The van der Waals surface area contributed by atoms with Crippen LogP contribution in [-0.4, -0.2) is 5.11 Å². The summed E-state index contributed by atoms with van der Waals surface area (Å²) in [5, 5.41) is 9.34. The van der Waals surface area contributed by atoms with Crippen molar-refractivity contribution in [2.24, 2.45) is 0 Å². The second kappa shape index (κ2) is 4.56. The molecule has 2 aromatic carbocycles. The van der Waals surface area contributed by atoms with Crippen molar-refractivity contribution in [1.82, 2.24) is 0 Å². The van der Waals surface area contributed by atoms with Gasteiger partial charge in [-0.3, -0.25) is 0 Å². The van der Waals surface area contributed by atoms with Crippen LogP contribution in [0, 0.1) is 23.3 Å². The maximum absolute atomic E-state index is 12.9. The van der Waals surface area contributed by atoms with Gasteiger partial charge in [-0.15, -0.1) is 0 Å². The summed E-state index contributed by atoms with van der Waals surface area (Å²) < 4.78 is 56.2. The molecule has 0 heterocycles. The molecule has 0 amide bonds. The van der Waals surface area contributed by atoms with Gasteiger partial charge in [-0.1, -0.05) is 0 Å². The molecular formula is C12H6F4O2. The number of rotatable bonds is 2. The van der Waals surface area contributed by atoms with Gasteiger partial charge in [-0.2, -0.15) is 0 Å². The van der Waals surface area contributed by atoms with Crippen LogP contribution in [0.25, 0.3) is 0 Å². The standard InChI is InChI=1S/C12H6F4O2/c13-6-1-2-10(17)11(3-6)18-7-4-8(14)12(16)9(15)5-7/h1-5,17H. The summed E-state index contributed by atoms with van der Waals surface area (Å²) >= 11 is 0. The first-order chi connectivity index (χ1) is 8.47. The lowest BCUT2D eigenvalue weighted by Crippen LogP contribution is -1.93. The molecule has 94 valence electrons. The Morgan fingerprint density at radius 3 is 2.11 bits per heavy atom. The fraction of sp³-hybridized carbons (Fsp3) is 0. The number of benzene rings is 2. The molecule has 6 heteroatoms. The largest absolute Gasteiger partial charge is 0.504 e. The first-order valence-electron chi connectivity index (χ1n) is 4.78. The van der Waals surface area contributed by atoms with Crippen molar-refractivity contribution in [2.45, 2.75) is 0 Å². The van der Waals surface area contributed by atoms with Gasteiger partial charge in [0.15, 0.2) is 29.0 Å². The molecule has 0 aliphatic rings. The van der Waals surface area contributed by atoms with Crippen molar-refractivity contribution in [1.29, 1.82) is 0 Å². The summed E-state index contributed by atoms with van der Waals surface area (Å²) in [7, 11) is 0. The predicted octanol–water partition coefficient (Wildman–Crippen LogP) is 3.74. The van der Waals surface area contributed by atoms with Gasteiger partial charge < -0.3 is 9.84 Å². The lowest BCUT2D eigenvalue weighted by Gasteiger charge is -2.08. The van der Waals surface area contributed by atoms with Crippen LogP contribution in [0.2, 0.25) is 0 Å². The number of phenols is 1. The van der Waals surface area contributed by atoms with Crippen molar-refractivity contribution < 1.29 is 27.4 Å². The van der Waals surface area contributed by atoms with E-state index in [1.54, 1.807) is 0 Å². The van der Waals surface area contributed by atoms with Crippen molar-refractivity contribution in [3.05, 3.63) is 53.6 Å². The van der Waals surface area contributed by atoms with Crippen molar-refractivity contribution in [2.75, 3.05) is 0 Å². The maximum Gasteiger partial charge on any atom is 0.194 e. The smallest absolute Gasteiger partial charge is 0.194 e. The van der Waals surface area contributed by atoms with Gasteiger partial charge in [0.2, 0.25) is 0 Å². The van der Waals surface area contributed by atoms with Crippen molar-refractivity contribution in [3.8, 4) is 17.2 Å². The Morgan fingerprint density at radius 2 is 1.50 bits per heavy atom. The van der Waals surface area contributed by atoms with Gasteiger partial charge in [0.1, 0.15) is 11.6 Å². The third kappa shape index (κ3) is 2.37. The van der Waals surface area contributed by atoms with E-state index in [-0.39, 0.29) is 5.75 Å². The molecule has 2 aromatic rings. The van der Waals surface area contributed by atoms with E-state index in [0.717, 1.165) is 18.2 Å². The van der Waals surface area contributed by atoms with Crippen LogP contribution in [0.5, 0.6) is 17.2 Å². The number of phenolic OH excluding ortho intramolecular Hbond substituents is 1. The average molecular weight is 258 g/mol. The minimum atomic E-state index is -1.63. The summed E-state index contributed by atoms with van der Waals surface area (Å²) in [5.74, 6) is -6.37. The molecule has 0 aliphatic heterocycles. The summed E-state index contributed by atoms with van der Waals surface area (Å²) in [4.78, 5) is 0. The fourth-order valence-corrected chi connectivity index (χ4v) is 1.29. The SMILES string of the molecule is Oc1ccc(F)cc1Oc1cc(F)c(F)c(F)c1. The van der Waals surface area contributed by atoms with E-state index >= 15 is 0 Å². The fourth-order valence-electron chi connectivity index (χ4n) is 1.29. The second-order valence-electron chi connectivity index (χ2n) is 3.42. The lowest BCUT2D eigenvalue weighted by molar-refractivity contribution is 0.394. The Bertz CT molecular complexity index is 576. The van der Waals surface area contributed by atoms with E-state index in [2.05, 4.69) is 0 Å². The van der Waals surface area contributed by atoms with Crippen LogP contribution in [-0.2, 0) is 0 Å². The minimum Gasteiger partial charge on any atom is -0.504 e. The maximum atomic E-state index is 12.9. The molecule has 0 atom stereocenters. The molecule has 18 heavy (non-hydrogen) atoms. The zero-order valence-electron chi connectivity index (χ0n) is 8.75. The number of hydrogen-bond acceptors (Lipinski definition) is 2. The van der Waals surface area contributed by atoms with E-state index in [1.165, 1.54) is 0 Å². The molecular weight excluding hydrogens is 252 g/mol. The first-order valence-corrected chi connectivity index (χ1v) is 4.78. The van der Waals surface area contributed by atoms with E-state index in [1.807, 2.05) is 0 Å². The number of halogens is 4. The molecule has 0 fully saturated rings. The molecule has 0 bridgehead atoms. The number of ether oxygens (including phenoxy) is 1. The molecule has 0 saturated heterocycles. The van der Waals surface area contributed by atoms with Crippen molar-refractivity contribution >= 4 is 0 Å². The van der Waals surface area contributed by atoms with Crippen LogP contribution in [0.3, 0.4) is 0 Å². The van der Waals surface area contributed by atoms with E-state index in [4.69, 9.17) is 4.74 Å². The van der Waals surface area contributed by atoms with Gasteiger partial charge >= 0.3 is 0 Å². The molecule has 2 nitrogen and oxygen atoms in total. The Hall–Kier alpha value is -2.24. The van der Waals surface area contributed by atoms with E-state index < -0.39 is 34.8 Å². The molecule has 0 aromatic heterocycles. The highest BCUT2D eigenvalue weighted by Crippen LogP contribution is 2.32. The van der Waals surface area contributed by atoms with Gasteiger partial charge in [0.05, 0.1) is 0 Å². The summed E-state index contributed by atoms with van der Waals surface area (Å²) in [5.41, 5.74) is 0. The molecule has 0 radical (unpaired) electrons. The molecule has 0 unspecified atom stereocenters. The third-order valence-corrected chi connectivity index (χ3v) is 2.11. The number of aromatic hydroxyl groups is 1. The summed E-state index contributed by atoms with van der Waals surface area (Å²) in [6, 6.07) is 3.99. The second-order valence-corrected chi connectivity index (χ2v) is 3.42. The van der Waals surface area contributed by atoms with E-state index in [9.17, 15) is 22.7 Å². The topological polar surface area (TPSA) is 29.5 Å². The van der Waals surface area contributed by atoms with Crippen LogP contribution >= 0.6 is 0 Å². The number of hydrogen-bond donors (Lipinski definition) is 1. The van der Waals surface area contributed by atoms with Crippen LogP contribution in [0.15, 0.2) is 30.3 Å². The highest BCUT2D eigenvalue weighted by Gasteiger charge is 2.13. The van der Waals surface area contributed by atoms with Gasteiger partial charge in [-0.25, -0.2) is 17.6 Å². The quantitative estimate of drug-likeness (QED) is 0.656. The van der Waals surface area contributed by atoms with E-state index in [0.29, 0.717) is 12.1 Å². The Morgan fingerprint density at radius 1 is 0.889 bits per heavy atom. The molecule has 1 N–H and O–H groups in total. The summed E-state index contributed by atoms with van der Waals surface area (Å²) in [6.45, 7) is 0. The Balaban J connectivity index is 2.37. The summed E-state index contributed by atoms with van der Waals surface area (Å²) in [6.07, 6.45) is 0. The first kappa shape index (κ1) is 12.2. The van der Waals surface area contributed by atoms with Crippen LogP contribution in [0.1, 0.15) is 0 Å². The van der Waals surface area contributed by atoms with Gasteiger partial charge in [0, 0.05) is 18.2 Å². The Labute approximate surface area is 99.1 Å². The molecule has 0 spiro atoms. The zero-order chi connectivity index (χ0) is 13.3. The van der Waals surface area contributed by atoms with Crippen LogP contribution < -0.4 is 4.74 Å².